The minimum atomic E-state index is -4.18. The maximum Gasteiger partial charge on any atom is 0.389 e. The van der Waals surface area contributed by atoms with Crippen molar-refractivity contribution in [3.63, 3.8) is 0 Å². The van der Waals surface area contributed by atoms with Crippen molar-refractivity contribution in [2.45, 2.75) is 45.4 Å². The third kappa shape index (κ3) is 8.94. The number of benzene rings is 1. The normalized spacial score (nSPS) is 16.3. The van der Waals surface area contributed by atoms with Crippen LogP contribution in [0.15, 0.2) is 24.3 Å². The van der Waals surface area contributed by atoms with Crippen LogP contribution in [-0.4, -0.2) is 69.0 Å². The van der Waals surface area contributed by atoms with Gasteiger partial charge in [-0.05, 0) is 51.5 Å². The summed E-state index contributed by atoms with van der Waals surface area (Å²) >= 11 is 0. The highest BCUT2D eigenvalue weighted by Gasteiger charge is 2.31. The zero-order valence-electron chi connectivity index (χ0n) is 17.9. The summed E-state index contributed by atoms with van der Waals surface area (Å²) in [5.74, 6) is -0.991. The zero-order chi connectivity index (χ0) is 23.3. The molecule has 1 aliphatic rings. The molecule has 1 saturated heterocycles. The lowest BCUT2D eigenvalue weighted by Crippen LogP contribution is -2.50. The maximum atomic E-state index is 12.5. The zero-order valence-corrected chi connectivity index (χ0v) is 18.8. The molecule has 0 atom stereocenters. The number of ether oxygens (including phenoxy) is 2. The van der Waals surface area contributed by atoms with Crippen LogP contribution in [0.1, 0.15) is 33.6 Å². The second-order valence-corrected chi connectivity index (χ2v) is 10.3. The van der Waals surface area contributed by atoms with Crippen molar-refractivity contribution in [2.75, 3.05) is 43.4 Å². The predicted octanol–water partition coefficient (Wildman–Crippen LogP) is 3.20. The number of hydrogen-bond acceptors (Lipinski definition) is 6. The molecule has 2 rings (SSSR count). The highest BCUT2D eigenvalue weighted by molar-refractivity contribution is 7.89. The Bertz CT molecular complexity index is 828. The van der Waals surface area contributed by atoms with E-state index < -0.39 is 39.9 Å². The molecule has 1 aliphatic heterocycles. The average Bonchev–Trinajstić information content (AvgIpc) is 2.63. The van der Waals surface area contributed by atoms with Gasteiger partial charge < -0.3 is 14.4 Å². The van der Waals surface area contributed by atoms with Gasteiger partial charge in [-0.3, -0.25) is 4.79 Å². The number of nitrogens with zero attached hydrogens (tertiary/aromatic N) is 2. The molecule has 1 aromatic carbocycles. The molecule has 0 bridgehead atoms. The van der Waals surface area contributed by atoms with Gasteiger partial charge in [-0.25, -0.2) is 8.42 Å². The van der Waals surface area contributed by atoms with Gasteiger partial charge in [0.15, 0.2) is 5.75 Å². The van der Waals surface area contributed by atoms with E-state index in [9.17, 15) is 26.4 Å². The van der Waals surface area contributed by atoms with Crippen molar-refractivity contribution in [3.8, 4) is 5.75 Å². The van der Waals surface area contributed by atoms with Gasteiger partial charge in [-0.2, -0.15) is 17.5 Å². The number of piperazine rings is 1. The molecule has 0 aromatic heterocycles. The second kappa shape index (κ2) is 10.1. The first kappa shape index (κ1) is 25.3. The van der Waals surface area contributed by atoms with E-state index in [0.717, 1.165) is 5.69 Å². The molecule has 0 radical (unpaired) electrons. The summed E-state index contributed by atoms with van der Waals surface area (Å²) < 4.78 is 73.1. The van der Waals surface area contributed by atoms with Crippen LogP contribution in [0.4, 0.5) is 18.9 Å². The lowest BCUT2D eigenvalue weighted by molar-refractivity contribution is -0.151. The fraction of sp³-hybridized carbons (Fsp3) is 0.650. The molecule has 0 unspecified atom stereocenters. The highest BCUT2D eigenvalue weighted by atomic mass is 32.2. The third-order valence-electron chi connectivity index (χ3n) is 4.43. The van der Waals surface area contributed by atoms with E-state index in [2.05, 4.69) is 0 Å². The van der Waals surface area contributed by atoms with E-state index in [1.165, 1.54) is 4.31 Å². The summed E-state index contributed by atoms with van der Waals surface area (Å²) in [7, 11) is -3.76. The molecule has 0 aliphatic carbocycles. The summed E-state index contributed by atoms with van der Waals surface area (Å²) in [6.07, 6.45) is -5.17. The largest absolute Gasteiger partial charge is 0.494 e. The molecule has 0 N–H and O–H groups in total. The lowest BCUT2D eigenvalue weighted by Gasteiger charge is -2.35. The van der Waals surface area contributed by atoms with Gasteiger partial charge in [0.25, 0.3) is 0 Å². The topological polar surface area (TPSA) is 76.2 Å². The maximum absolute atomic E-state index is 12.5. The molecule has 1 heterocycles. The van der Waals surface area contributed by atoms with Crippen LogP contribution in [0.3, 0.4) is 0 Å². The van der Waals surface area contributed by atoms with Gasteiger partial charge in [-0.15, -0.1) is 0 Å². The Kier molecular flexibility index (Phi) is 8.21. The quantitative estimate of drug-likeness (QED) is 0.433. The Balaban J connectivity index is 1.82. The van der Waals surface area contributed by atoms with E-state index in [0.29, 0.717) is 18.8 Å². The Labute approximate surface area is 181 Å². The Morgan fingerprint density at radius 2 is 1.61 bits per heavy atom. The molecule has 176 valence electrons. The molecular weight excluding hydrogens is 437 g/mol. The molecule has 0 spiro atoms. The van der Waals surface area contributed by atoms with Crippen LogP contribution in [0.25, 0.3) is 0 Å². The molecule has 11 heteroatoms. The van der Waals surface area contributed by atoms with Gasteiger partial charge in [0.1, 0.15) is 11.4 Å². The number of hydrogen-bond donors (Lipinski definition) is 0. The van der Waals surface area contributed by atoms with Crippen molar-refractivity contribution in [1.29, 1.82) is 0 Å². The van der Waals surface area contributed by atoms with E-state index in [1.807, 2.05) is 4.90 Å². The van der Waals surface area contributed by atoms with Crippen LogP contribution in [0.2, 0.25) is 0 Å². The number of carbonyl (C=O) groups excluding carboxylic acids is 1. The first-order valence-corrected chi connectivity index (χ1v) is 11.6. The van der Waals surface area contributed by atoms with Gasteiger partial charge in [0.2, 0.25) is 10.0 Å². The average molecular weight is 467 g/mol. The summed E-state index contributed by atoms with van der Waals surface area (Å²) in [6.45, 7) is 6.37. The van der Waals surface area contributed by atoms with E-state index >= 15 is 0 Å². The molecule has 7 nitrogen and oxygen atoms in total. The summed E-state index contributed by atoms with van der Waals surface area (Å²) in [5, 5.41) is 0. The van der Waals surface area contributed by atoms with Crippen LogP contribution in [-0.2, 0) is 19.6 Å². The standard InChI is InChI=1S/C20H29F3N2O5S/c1-19(2,3)30-18(26)15-31(27,28)25-12-10-24(11-13-25)16-5-7-17(8-6-16)29-14-4-9-20(21,22)23/h5-8H,4,9-15H2,1-3H3. The molecular formula is C20H29F3N2O5S. The number of esters is 1. The summed E-state index contributed by atoms with van der Waals surface area (Å²) in [5.41, 5.74) is 0.103. The van der Waals surface area contributed by atoms with Crippen LogP contribution < -0.4 is 9.64 Å². The monoisotopic (exact) mass is 466 g/mol. The SMILES string of the molecule is CC(C)(C)OC(=O)CS(=O)(=O)N1CCN(c2ccc(OCCCC(F)(F)F)cc2)CC1. The van der Waals surface area contributed by atoms with Gasteiger partial charge in [0.05, 0.1) is 6.61 Å². The molecule has 1 fully saturated rings. The van der Waals surface area contributed by atoms with E-state index in [4.69, 9.17) is 9.47 Å². The fourth-order valence-corrected chi connectivity index (χ4v) is 4.31. The number of alkyl halides is 3. The Hall–Kier alpha value is -2.01. The van der Waals surface area contributed by atoms with Crippen molar-refractivity contribution >= 4 is 21.7 Å². The number of rotatable bonds is 8. The van der Waals surface area contributed by atoms with Crippen LogP contribution in [0, 0.1) is 0 Å². The lowest BCUT2D eigenvalue weighted by atomic mass is 10.2. The Morgan fingerprint density at radius 1 is 1.03 bits per heavy atom. The van der Waals surface area contributed by atoms with Crippen molar-refractivity contribution in [3.05, 3.63) is 24.3 Å². The second-order valence-electron chi connectivity index (χ2n) is 8.29. The van der Waals surface area contributed by atoms with Crippen LogP contribution in [0.5, 0.6) is 5.75 Å². The van der Waals surface area contributed by atoms with E-state index in [-0.39, 0.29) is 26.1 Å². The number of halogens is 3. The first-order valence-electron chi connectivity index (χ1n) is 9.99. The first-order chi connectivity index (χ1) is 14.3. The summed E-state index contributed by atoms with van der Waals surface area (Å²) in [6, 6.07) is 6.91. The minimum absolute atomic E-state index is 0.0208. The van der Waals surface area contributed by atoms with Crippen molar-refractivity contribution in [2.24, 2.45) is 0 Å². The van der Waals surface area contributed by atoms with Gasteiger partial charge >= 0.3 is 12.1 Å². The highest BCUT2D eigenvalue weighted by Crippen LogP contribution is 2.24. The molecule has 1 aromatic rings. The third-order valence-corrected chi connectivity index (χ3v) is 6.18. The number of anilines is 1. The van der Waals surface area contributed by atoms with E-state index in [1.54, 1.807) is 45.0 Å². The van der Waals surface area contributed by atoms with Crippen molar-refractivity contribution < 1.29 is 35.9 Å². The smallest absolute Gasteiger partial charge is 0.389 e. The van der Waals surface area contributed by atoms with Gasteiger partial charge in [-0.1, -0.05) is 0 Å². The molecule has 0 saturated carbocycles. The van der Waals surface area contributed by atoms with Crippen LogP contribution >= 0.6 is 0 Å². The molecule has 31 heavy (non-hydrogen) atoms. The molecule has 0 amide bonds. The van der Waals surface area contributed by atoms with Crippen molar-refractivity contribution in [1.82, 2.24) is 4.31 Å². The van der Waals surface area contributed by atoms with Gasteiger partial charge in [0, 0.05) is 38.3 Å². The minimum Gasteiger partial charge on any atom is -0.494 e. The predicted molar refractivity (Wildman–Crippen MR) is 111 cm³/mol. The fourth-order valence-electron chi connectivity index (χ4n) is 3.05. The number of sulfonamides is 1. The Morgan fingerprint density at radius 3 is 2.13 bits per heavy atom. The number of carbonyl (C=O) groups is 1. The summed E-state index contributed by atoms with van der Waals surface area (Å²) in [4.78, 5) is 13.9.